The van der Waals surface area contributed by atoms with Gasteiger partial charge in [-0.25, -0.2) is 8.42 Å². The SMILES string of the molecule is COc1ccc(C(=O)N2CCN(S(C)(=O)=O)C2C(=O)NC2CCC(N)CC2)cc1OC. The molecule has 11 heteroatoms. The third-order valence-corrected chi connectivity index (χ3v) is 7.03. The number of sulfonamides is 1. The predicted molar refractivity (Wildman–Crippen MR) is 114 cm³/mol. The Bertz CT molecular complexity index is 930. The lowest BCUT2D eigenvalue weighted by atomic mass is 9.92. The van der Waals surface area contributed by atoms with Gasteiger partial charge in [0.15, 0.2) is 17.7 Å². The largest absolute Gasteiger partial charge is 0.493 e. The standard InChI is InChI=1S/C20H30N4O6S/c1-29-16-9-4-13(12-17(16)30-2)20(26)23-10-11-24(31(3,27)28)19(23)18(25)22-15-7-5-14(21)6-8-15/h4,9,12,14-15,19H,5-8,10-11,21H2,1-3H3,(H,22,25). The molecule has 2 amide bonds. The van der Waals surface area contributed by atoms with Crippen molar-refractivity contribution in [2.75, 3.05) is 33.6 Å². The third-order valence-electron chi connectivity index (χ3n) is 5.80. The highest BCUT2D eigenvalue weighted by atomic mass is 32.2. The van der Waals surface area contributed by atoms with E-state index in [1.807, 2.05) is 0 Å². The minimum Gasteiger partial charge on any atom is -0.493 e. The average molecular weight is 455 g/mol. The molecule has 10 nitrogen and oxygen atoms in total. The first-order valence-electron chi connectivity index (χ1n) is 10.2. The molecule has 1 aromatic carbocycles. The third kappa shape index (κ3) is 5.10. The minimum absolute atomic E-state index is 0.0471. The maximum absolute atomic E-state index is 13.2. The monoisotopic (exact) mass is 454 g/mol. The number of carbonyl (C=O) groups excluding carboxylic acids is 2. The lowest BCUT2D eigenvalue weighted by Crippen LogP contribution is -2.55. The van der Waals surface area contributed by atoms with Crippen LogP contribution >= 0.6 is 0 Å². The van der Waals surface area contributed by atoms with Crippen molar-refractivity contribution in [2.24, 2.45) is 5.73 Å². The average Bonchev–Trinajstić information content (AvgIpc) is 3.20. The Labute approximate surface area is 182 Å². The molecule has 31 heavy (non-hydrogen) atoms. The van der Waals surface area contributed by atoms with Crippen molar-refractivity contribution in [1.29, 1.82) is 0 Å². The number of hydrogen-bond donors (Lipinski definition) is 2. The van der Waals surface area contributed by atoms with Crippen LogP contribution in [0.3, 0.4) is 0 Å². The molecule has 1 unspecified atom stereocenters. The Hall–Kier alpha value is -2.37. The molecule has 1 saturated carbocycles. The van der Waals surface area contributed by atoms with E-state index in [-0.39, 0.29) is 30.7 Å². The van der Waals surface area contributed by atoms with Gasteiger partial charge in [0.1, 0.15) is 0 Å². The van der Waals surface area contributed by atoms with Crippen molar-refractivity contribution < 1.29 is 27.5 Å². The Morgan fingerprint density at radius 1 is 1.06 bits per heavy atom. The van der Waals surface area contributed by atoms with Gasteiger partial charge >= 0.3 is 0 Å². The van der Waals surface area contributed by atoms with Crippen molar-refractivity contribution in [2.45, 2.75) is 43.9 Å². The van der Waals surface area contributed by atoms with E-state index in [9.17, 15) is 18.0 Å². The zero-order valence-electron chi connectivity index (χ0n) is 18.0. The Morgan fingerprint density at radius 2 is 1.71 bits per heavy atom. The second-order valence-corrected chi connectivity index (χ2v) is 9.87. The van der Waals surface area contributed by atoms with Crippen molar-refractivity contribution in [3.05, 3.63) is 23.8 Å². The van der Waals surface area contributed by atoms with Gasteiger partial charge < -0.3 is 25.4 Å². The highest BCUT2D eigenvalue weighted by Gasteiger charge is 2.45. The minimum atomic E-state index is -3.70. The van der Waals surface area contributed by atoms with Crippen LogP contribution in [0.15, 0.2) is 18.2 Å². The molecule has 3 N–H and O–H groups in total. The second-order valence-electron chi connectivity index (χ2n) is 7.94. The molecule has 1 aliphatic heterocycles. The van der Waals surface area contributed by atoms with Gasteiger partial charge in [0.25, 0.3) is 11.8 Å². The van der Waals surface area contributed by atoms with Crippen LogP contribution in [0.4, 0.5) is 0 Å². The number of amides is 2. The fraction of sp³-hybridized carbons (Fsp3) is 0.600. The van der Waals surface area contributed by atoms with Gasteiger partial charge in [-0.15, -0.1) is 0 Å². The van der Waals surface area contributed by atoms with Gasteiger partial charge in [-0.3, -0.25) is 9.59 Å². The molecule has 0 spiro atoms. The molecule has 1 aliphatic carbocycles. The highest BCUT2D eigenvalue weighted by molar-refractivity contribution is 7.88. The van der Waals surface area contributed by atoms with Crippen LogP contribution in [0.5, 0.6) is 11.5 Å². The number of nitrogens with one attached hydrogen (secondary N) is 1. The summed E-state index contributed by atoms with van der Waals surface area (Å²) in [6.45, 7) is 0.152. The zero-order chi connectivity index (χ0) is 22.8. The summed E-state index contributed by atoms with van der Waals surface area (Å²) in [4.78, 5) is 27.7. The lowest BCUT2D eigenvalue weighted by molar-refractivity contribution is -0.128. The normalized spacial score (nSPS) is 24.6. The van der Waals surface area contributed by atoms with Gasteiger partial charge in [-0.2, -0.15) is 4.31 Å². The number of benzene rings is 1. The summed E-state index contributed by atoms with van der Waals surface area (Å²) in [5, 5.41) is 2.92. The molecular formula is C20H30N4O6S. The van der Waals surface area contributed by atoms with Gasteiger partial charge in [0.2, 0.25) is 10.0 Å². The van der Waals surface area contributed by atoms with Crippen LogP contribution in [-0.4, -0.2) is 81.3 Å². The Morgan fingerprint density at radius 3 is 2.29 bits per heavy atom. The summed E-state index contributed by atoms with van der Waals surface area (Å²) in [5.41, 5.74) is 6.20. The predicted octanol–water partition coefficient (Wildman–Crippen LogP) is 0.133. The zero-order valence-corrected chi connectivity index (χ0v) is 18.9. The maximum Gasteiger partial charge on any atom is 0.259 e. The van der Waals surface area contributed by atoms with E-state index >= 15 is 0 Å². The summed E-state index contributed by atoms with van der Waals surface area (Å²) in [6.07, 6.45) is 2.83. The van der Waals surface area contributed by atoms with Crippen molar-refractivity contribution >= 4 is 21.8 Å². The molecule has 1 saturated heterocycles. The number of nitrogens with two attached hydrogens (primary N) is 1. The molecule has 172 valence electrons. The Kier molecular flexibility index (Phi) is 7.07. The van der Waals surface area contributed by atoms with Crippen molar-refractivity contribution in [3.8, 4) is 11.5 Å². The number of hydrogen-bond acceptors (Lipinski definition) is 7. The van der Waals surface area contributed by atoms with Gasteiger partial charge in [0.05, 0.1) is 20.5 Å². The number of nitrogens with zero attached hydrogens (tertiary/aromatic N) is 2. The van der Waals surface area contributed by atoms with E-state index < -0.39 is 28.0 Å². The second kappa shape index (κ2) is 9.41. The molecule has 0 radical (unpaired) electrons. The fourth-order valence-corrected chi connectivity index (χ4v) is 5.10. The quantitative estimate of drug-likeness (QED) is 0.625. The highest BCUT2D eigenvalue weighted by Crippen LogP contribution is 2.29. The van der Waals surface area contributed by atoms with Crippen molar-refractivity contribution in [3.63, 3.8) is 0 Å². The van der Waals surface area contributed by atoms with E-state index in [1.165, 1.54) is 25.2 Å². The van der Waals surface area contributed by atoms with E-state index in [4.69, 9.17) is 15.2 Å². The van der Waals surface area contributed by atoms with Gasteiger partial charge in [-0.1, -0.05) is 0 Å². The van der Waals surface area contributed by atoms with E-state index in [0.717, 1.165) is 36.2 Å². The van der Waals surface area contributed by atoms with Crippen LogP contribution < -0.4 is 20.5 Å². The van der Waals surface area contributed by atoms with E-state index in [0.29, 0.717) is 11.5 Å². The van der Waals surface area contributed by atoms with Crippen LogP contribution in [0.1, 0.15) is 36.0 Å². The van der Waals surface area contributed by atoms with Crippen molar-refractivity contribution in [1.82, 2.24) is 14.5 Å². The molecule has 1 aromatic rings. The fourth-order valence-electron chi connectivity index (χ4n) is 4.11. The van der Waals surface area contributed by atoms with Crippen LogP contribution in [-0.2, 0) is 14.8 Å². The summed E-state index contributed by atoms with van der Waals surface area (Å²) < 4.78 is 36.2. The Balaban J connectivity index is 1.85. The first-order valence-corrected chi connectivity index (χ1v) is 12.1. The maximum atomic E-state index is 13.2. The van der Waals surface area contributed by atoms with Crippen LogP contribution in [0.25, 0.3) is 0 Å². The van der Waals surface area contributed by atoms with Crippen LogP contribution in [0.2, 0.25) is 0 Å². The van der Waals surface area contributed by atoms with E-state index in [2.05, 4.69) is 5.32 Å². The molecule has 0 bridgehead atoms. The first kappa shape index (κ1) is 23.3. The smallest absolute Gasteiger partial charge is 0.259 e. The summed E-state index contributed by atoms with van der Waals surface area (Å²) in [5.74, 6) is -0.134. The number of ether oxygens (including phenoxy) is 2. The van der Waals surface area contributed by atoms with Gasteiger partial charge in [-0.05, 0) is 43.9 Å². The number of rotatable bonds is 6. The van der Waals surface area contributed by atoms with Gasteiger partial charge in [0, 0.05) is 30.7 Å². The lowest BCUT2D eigenvalue weighted by Gasteiger charge is -2.32. The van der Waals surface area contributed by atoms with Crippen LogP contribution in [0, 0.1) is 0 Å². The summed E-state index contributed by atoms with van der Waals surface area (Å²) in [6, 6.07) is 4.70. The molecule has 2 fully saturated rings. The van der Waals surface area contributed by atoms with E-state index in [1.54, 1.807) is 12.1 Å². The molecule has 0 aromatic heterocycles. The molecule has 1 heterocycles. The number of methoxy groups -OCH3 is 2. The summed E-state index contributed by atoms with van der Waals surface area (Å²) in [7, 11) is -0.758. The molecule has 2 aliphatic rings. The molecular weight excluding hydrogens is 424 g/mol. The molecule has 3 rings (SSSR count). The first-order chi connectivity index (χ1) is 14.7. The molecule has 1 atom stereocenters. The topological polar surface area (TPSA) is 131 Å². The summed E-state index contributed by atoms with van der Waals surface area (Å²) >= 11 is 0. The number of carbonyl (C=O) groups is 2.